The smallest absolute Gasteiger partial charge is 0.0788 e. The Balaban J connectivity index is 1.04. The lowest BCUT2D eigenvalue weighted by Gasteiger charge is -2.34. The first-order valence-electron chi connectivity index (χ1n) is 20.0. The van der Waals surface area contributed by atoms with Crippen molar-refractivity contribution < 1.29 is 0 Å². The van der Waals surface area contributed by atoms with Crippen LogP contribution in [0.1, 0.15) is 22.3 Å². The van der Waals surface area contributed by atoms with E-state index in [1.807, 2.05) is 0 Å². The van der Waals surface area contributed by atoms with Gasteiger partial charge in [-0.3, -0.25) is 0 Å². The molecule has 0 unspecified atom stereocenters. The second-order valence-electron chi connectivity index (χ2n) is 15.4. The van der Waals surface area contributed by atoms with Crippen LogP contribution < -0.4 is 0 Å². The van der Waals surface area contributed by atoms with Crippen LogP contribution >= 0.6 is 0 Å². The maximum Gasteiger partial charge on any atom is 0.0788 e. The Morgan fingerprint density at radius 1 is 0.345 bits per heavy atom. The average molecular weight is 737 g/mol. The summed E-state index contributed by atoms with van der Waals surface area (Å²) in [7, 11) is 0. The Kier molecular flexibility index (Phi) is 7.18. The van der Waals surface area contributed by atoms with Gasteiger partial charge in [0.1, 0.15) is 0 Å². The van der Waals surface area contributed by atoms with E-state index < -0.39 is 5.41 Å². The molecule has 270 valence electrons. The summed E-state index contributed by atoms with van der Waals surface area (Å²) in [4.78, 5) is 5.26. The fourth-order valence-corrected chi connectivity index (χ4v) is 9.93. The first kappa shape index (κ1) is 32.7. The molecule has 2 aromatic heterocycles. The third-order valence-electron chi connectivity index (χ3n) is 12.5. The normalized spacial score (nSPS) is 13.0. The van der Waals surface area contributed by atoms with Gasteiger partial charge in [0.05, 0.1) is 27.7 Å². The SMILES string of the molecule is c1ccc(-c2nc3ccccc3c3cc4c5ccccc5n(-c5ccc(-c6ccc7c(c6)C(c6ccccc6)(c6ccccc6)c6ccccc6-7)cc5)c4cc23)cc1. The maximum absolute atomic E-state index is 5.26. The summed E-state index contributed by atoms with van der Waals surface area (Å²) in [5.74, 6) is 0. The van der Waals surface area contributed by atoms with Crippen molar-refractivity contribution >= 4 is 43.5 Å². The molecular formula is C56H36N2. The minimum Gasteiger partial charge on any atom is -0.309 e. The lowest BCUT2D eigenvalue weighted by atomic mass is 9.67. The third kappa shape index (κ3) is 4.69. The molecule has 0 radical (unpaired) electrons. The van der Waals surface area contributed by atoms with Crippen LogP contribution in [-0.4, -0.2) is 9.55 Å². The van der Waals surface area contributed by atoms with Gasteiger partial charge in [0.2, 0.25) is 0 Å². The number of hydrogen-bond acceptors (Lipinski definition) is 1. The fraction of sp³-hybridized carbons (Fsp3) is 0.0179. The monoisotopic (exact) mass is 736 g/mol. The van der Waals surface area contributed by atoms with Gasteiger partial charge in [0.15, 0.2) is 0 Å². The van der Waals surface area contributed by atoms with Crippen molar-refractivity contribution in [3.05, 3.63) is 241 Å². The lowest BCUT2D eigenvalue weighted by molar-refractivity contribution is 0.769. The largest absolute Gasteiger partial charge is 0.309 e. The minimum atomic E-state index is -0.436. The van der Waals surface area contributed by atoms with Crippen LogP contribution in [-0.2, 0) is 5.41 Å². The van der Waals surface area contributed by atoms with Gasteiger partial charge in [0, 0.05) is 32.8 Å². The number of rotatable bonds is 5. The number of pyridine rings is 1. The Bertz CT molecular complexity index is 3320. The highest BCUT2D eigenvalue weighted by Crippen LogP contribution is 2.56. The molecule has 1 aliphatic rings. The first-order valence-corrected chi connectivity index (χ1v) is 20.0. The molecule has 0 saturated heterocycles. The van der Waals surface area contributed by atoms with Crippen molar-refractivity contribution in [2.45, 2.75) is 5.41 Å². The fourth-order valence-electron chi connectivity index (χ4n) is 9.93. The standard InChI is InChI=1S/C56H36N2/c1-4-16-38(17-5-1)55-49-36-54-48(35-47(49)45-23-11-14-26-52(45)57-55)46-24-12-15-27-53(46)58(54)42-31-28-37(29-32-42)39-30-33-44-43-22-10-13-25-50(43)56(51(44)34-39,40-18-6-2-7-19-40)41-20-8-3-9-21-41/h1-36H. The van der Waals surface area contributed by atoms with E-state index in [-0.39, 0.29) is 0 Å². The summed E-state index contributed by atoms with van der Waals surface area (Å²) < 4.78 is 2.42. The average Bonchev–Trinajstić information content (AvgIpc) is 3.79. The Morgan fingerprint density at radius 2 is 0.948 bits per heavy atom. The molecule has 0 fully saturated rings. The topological polar surface area (TPSA) is 17.8 Å². The van der Waals surface area contributed by atoms with E-state index in [2.05, 4.69) is 223 Å². The third-order valence-corrected chi connectivity index (χ3v) is 12.5. The van der Waals surface area contributed by atoms with Crippen LogP contribution in [0.2, 0.25) is 0 Å². The van der Waals surface area contributed by atoms with E-state index >= 15 is 0 Å². The zero-order valence-electron chi connectivity index (χ0n) is 31.7. The van der Waals surface area contributed by atoms with Crippen molar-refractivity contribution in [3.8, 4) is 39.2 Å². The van der Waals surface area contributed by atoms with E-state index in [9.17, 15) is 0 Å². The van der Waals surface area contributed by atoms with Crippen molar-refractivity contribution in [1.82, 2.24) is 9.55 Å². The summed E-state index contributed by atoms with van der Waals surface area (Å²) in [6, 6.07) is 79.9. The van der Waals surface area contributed by atoms with E-state index in [1.54, 1.807) is 0 Å². The molecule has 0 saturated carbocycles. The molecule has 0 spiro atoms. The molecule has 1 aliphatic carbocycles. The molecule has 0 amide bonds. The molecule has 9 aromatic carbocycles. The van der Waals surface area contributed by atoms with Crippen LogP contribution in [0.4, 0.5) is 0 Å². The van der Waals surface area contributed by atoms with Gasteiger partial charge in [-0.2, -0.15) is 0 Å². The first-order chi connectivity index (χ1) is 28.8. The molecule has 0 atom stereocenters. The van der Waals surface area contributed by atoms with Crippen LogP contribution in [0, 0.1) is 0 Å². The van der Waals surface area contributed by atoms with Gasteiger partial charge >= 0.3 is 0 Å². The van der Waals surface area contributed by atoms with Crippen LogP contribution in [0.15, 0.2) is 218 Å². The van der Waals surface area contributed by atoms with Gasteiger partial charge in [-0.05, 0) is 92.4 Å². The molecule has 2 heterocycles. The number of nitrogens with zero attached hydrogens (tertiary/aromatic N) is 2. The zero-order chi connectivity index (χ0) is 38.2. The highest BCUT2D eigenvalue weighted by atomic mass is 15.0. The molecule has 58 heavy (non-hydrogen) atoms. The Hall–Kier alpha value is -7.55. The van der Waals surface area contributed by atoms with Gasteiger partial charge in [0.25, 0.3) is 0 Å². The van der Waals surface area contributed by atoms with Crippen molar-refractivity contribution in [1.29, 1.82) is 0 Å². The number of benzene rings is 9. The van der Waals surface area contributed by atoms with Crippen LogP contribution in [0.5, 0.6) is 0 Å². The predicted molar refractivity (Wildman–Crippen MR) is 242 cm³/mol. The summed E-state index contributed by atoms with van der Waals surface area (Å²) in [5.41, 5.74) is 16.3. The van der Waals surface area contributed by atoms with Crippen molar-refractivity contribution in [3.63, 3.8) is 0 Å². The van der Waals surface area contributed by atoms with E-state index in [1.165, 1.54) is 77.1 Å². The second-order valence-corrected chi connectivity index (χ2v) is 15.4. The van der Waals surface area contributed by atoms with E-state index in [4.69, 9.17) is 4.98 Å². The summed E-state index contributed by atoms with van der Waals surface area (Å²) in [6.45, 7) is 0. The summed E-state index contributed by atoms with van der Waals surface area (Å²) >= 11 is 0. The highest BCUT2D eigenvalue weighted by molar-refractivity contribution is 6.20. The summed E-state index contributed by atoms with van der Waals surface area (Å²) in [6.07, 6.45) is 0. The summed E-state index contributed by atoms with van der Waals surface area (Å²) in [5, 5.41) is 6.01. The molecule has 2 nitrogen and oxygen atoms in total. The number of hydrogen-bond donors (Lipinski definition) is 0. The van der Waals surface area contributed by atoms with Gasteiger partial charge in [-0.25, -0.2) is 4.98 Å². The quantitative estimate of drug-likeness (QED) is 0.161. The lowest BCUT2D eigenvalue weighted by Crippen LogP contribution is -2.28. The molecule has 12 rings (SSSR count). The molecule has 0 bridgehead atoms. The number of aromatic nitrogens is 2. The van der Waals surface area contributed by atoms with E-state index in [0.717, 1.165) is 27.8 Å². The Labute approximate surface area is 336 Å². The van der Waals surface area contributed by atoms with Crippen LogP contribution in [0.3, 0.4) is 0 Å². The van der Waals surface area contributed by atoms with E-state index in [0.29, 0.717) is 0 Å². The van der Waals surface area contributed by atoms with Crippen molar-refractivity contribution in [2.24, 2.45) is 0 Å². The minimum absolute atomic E-state index is 0.436. The second kappa shape index (κ2) is 12.7. The highest BCUT2D eigenvalue weighted by Gasteiger charge is 2.46. The number of para-hydroxylation sites is 2. The molecule has 0 N–H and O–H groups in total. The van der Waals surface area contributed by atoms with Gasteiger partial charge < -0.3 is 4.57 Å². The molecule has 11 aromatic rings. The van der Waals surface area contributed by atoms with Crippen LogP contribution in [0.25, 0.3) is 82.7 Å². The number of fused-ring (bicyclic) bond motifs is 9. The maximum atomic E-state index is 5.26. The Morgan fingerprint density at radius 3 is 1.71 bits per heavy atom. The predicted octanol–water partition coefficient (Wildman–Crippen LogP) is 14.2. The molecule has 0 aliphatic heterocycles. The molecule has 2 heteroatoms. The van der Waals surface area contributed by atoms with Gasteiger partial charge in [-0.15, -0.1) is 0 Å². The van der Waals surface area contributed by atoms with Gasteiger partial charge in [-0.1, -0.05) is 176 Å². The molecular weight excluding hydrogens is 701 g/mol. The zero-order valence-corrected chi connectivity index (χ0v) is 31.7. The van der Waals surface area contributed by atoms with Crippen molar-refractivity contribution in [2.75, 3.05) is 0 Å².